The second-order valence-corrected chi connectivity index (χ2v) is 22.9. The third-order valence-corrected chi connectivity index (χ3v) is 15.7. The molecule has 1 nitrogen and oxygen atoms in total. The summed E-state index contributed by atoms with van der Waals surface area (Å²) in [6.45, 7) is 9.29. The first-order valence-corrected chi connectivity index (χ1v) is 33.3. The van der Waals surface area contributed by atoms with Crippen LogP contribution in [0.25, 0.3) is 0 Å². The van der Waals surface area contributed by atoms with E-state index in [9.17, 15) is 0 Å². The van der Waals surface area contributed by atoms with Crippen LogP contribution in [0.15, 0.2) is 23.7 Å². The molecule has 1 heteroatoms. The fourth-order valence-electron chi connectivity index (χ4n) is 10.7. The molecule has 0 heterocycles. The van der Waals surface area contributed by atoms with Gasteiger partial charge >= 0.3 is 0 Å². The largest absolute Gasteiger partial charge is 0.467 e. The molecule has 0 unspecified atom stereocenters. The van der Waals surface area contributed by atoms with E-state index < -0.39 is 0 Å². The van der Waals surface area contributed by atoms with Crippen LogP contribution in [0.1, 0.15) is 413 Å². The Bertz CT molecular complexity index is 885. The Labute approximate surface area is 439 Å². The Morgan fingerprint density at radius 3 is 0.507 bits per heavy atom. The highest BCUT2D eigenvalue weighted by molar-refractivity contribution is 5.03. The molecule has 0 amide bonds. The zero-order chi connectivity index (χ0) is 49.7. The third kappa shape index (κ3) is 59.7. The van der Waals surface area contributed by atoms with Gasteiger partial charge in [0.05, 0.1) is 11.5 Å². The molecular formula is C68H134O. The zero-order valence-electron chi connectivity index (χ0n) is 49.0. The average molecular weight is 968 g/mol. The summed E-state index contributed by atoms with van der Waals surface area (Å²) in [5, 5.41) is 0. The molecule has 0 aliphatic rings. The van der Waals surface area contributed by atoms with Gasteiger partial charge in [-0.05, 0) is 50.7 Å². The van der Waals surface area contributed by atoms with E-state index in [4.69, 9.17) is 4.74 Å². The topological polar surface area (TPSA) is 9.23 Å². The predicted molar refractivity (Wildman–Crippen MR) is 317 cm³/mol. The molecule has 0 rings (SSSR count). The van der Waals surface area contributed by atoms with E-state index >= 15 is 0 Å². The summed E-state index contributed by atoms with van der Waals surface area (Å²) in [5.41, 5.74) is 0. The summed E-state index contributed by atoms with van der Waals surface area (Å²) < 4.78 is 7.04. The van der Waals surface area contributed by atoms with Crippen molar-refractivity contribution >= 4 is 0 Å². The van der Waals surface area contributed by atoms with Crippen molar-refractivity contribution in [3.8, 4) is 0 Å². The molecule has 0 aliphatic heterocycles. The van der Waals surface area contributed by atoms with Crippen LogP contribution in [-0.2, 0) is 4.74 Å². The average Bonchev–Trinajstić information content (AvgIpc) is 3.36. The molecule has 0 bridgehead atoms. The maximum Gasteiger partial charge on any atom is 0.0996 e. The fourth-order valence-corrected chi connectivity index (χ4v) is 10.7. The van der Waals surface area contributed by atoms with Crippen molar-refractivity contribution in [1.29, 1.82) is 0 Å². The van der Waals surface area contributed by atoms with E-state index in [-0.39, 0.29) is 0 Å². The molecule has 0 fully saturated rings. The summed E-state index contributed by atoms with van der Waals surface area (Å²) in [6.07, 6.45) is 89.9. The van der Waals surface area contributed by atoms with Crippen molar-refractivity contribution in [3.63, 3.8) is 0 Å². The van der Waals surface area contributed by atoms with Gasteiger partial charge in [0.1, 0.15) is 0 Å². The molecule has 0 spiro atoms. The minimum Gasteiger partial charge on any atom is -0.467 e. The van der Waals surface area contributed by atoms with Gasteiger partial charge in [0.2, 0.25) is 0 Å². The summed E-state index contributed by atoms with van der Waals surface area (Å²) in [5.74, 6) is 2.64. The minimum atomic E-state index is 1.14. The maximum atomic E-state index is 7.04. The van der Waals surface area contributed by atoms with Crippen LogP contribution in [-0.4, -0.2) is 0 Å². The quantitative estimate of drug-likeness (QED) is 0.0436. The molecule has 0 aromatic heterocycles. The molecule has 0 aromatic rings. The van der Waals surface area contributed by atoms with Crippen LogP contribution < -0.4 is 0 Å². The standard InChI is InChI=1S/C68H134O/c1-5-9-13-17-21-25-29-33-35-37-41-45-49-53-57-61-65-67(63-59-55-51-47-43-39-31-27-23-19-15-11-7-3)69-68(64-60-56-52-48-44-40-32-28-24-20-16-12-8-4)66-62-58-54-50-46-42-38-36-34-30-26-22-18-14-10-6-2/h63-64H,5-62,65-66H2,1-4H3. The van der Waals surface area contributed by atoms with Crippen LogP contribution in [0.4, 0.5) is 0 Å². The van der Waals surface area contributed by atoms with E-state index in [0.29, 0.717) is 0 Å². The SMILES string of the molecule is CCCCCCCCCCCCCCC=C(CCCCCCCCCCCCCCCCCC)OC(=CCCCCCCCCCCCCCC)CCCCCCCCCCCCCCCCCC. The Balaban J connectivity index is 4.95. The lowest BCUT2D eigenvalue weighted by Gasteiger charge is -2.15. The van der Waals surface area contributed by atoms with Crippen molar-refractivity contribution in [2.24, 2.45) is 0 Å². The summed E-state index contributed by atoms with van der Waals surface area (Å²) in [6, 6.07) is 0. The monoisotopic (exact) mass is 967 g/mol. The van der Waals surface area contributed by atoms with Crippen LogP contribution in [0, 0.1) is 0 Å². The summed E-state index contributed by atoms with van der Waals surface area (Å²) >= 11 is 0. The number of ether oxygens (including phenoxy) is 1. The third-order valence-electron chi connectivity index (χ3n) is 15.7. The zero-order valence-corrected chi connectivity index (χ0v) is 49.0. The predicted octanol–water partition coefficient (Wildman–Crippen LogP) is 26.3. The van der Waals surface area contributed by atoms with Gasteiger partial charge in [-0.1, -0.05) is 362 Å². The highest BCUT2D eigenvalue weighted by atomic mass is 16.5. The van der Waals surface area contributed by atoms with Gasteiger partial charge in [0.15, 0.2) is 0 Å². The Morgan fingerprint density at radius 2 is 0.333 bits per heavy atom. The first-order chi connectivity index (χ1) is 34.3. The van der Waals surface area contributed by atoms with E-state index in [1.54, 1.807) is 0 Å². The highest BCUT2D eigenvalue weighted by Gasteiger charge is 2.07. The van der Waals surface area contributed by atoms with Gasteiger partial charge in [-0.15, -0.1) is 0 Å². The number of unbranched alkanes of at least 4 members (excludes halogenated alkanes) is 54. The van der Waals surface area contributed by atoms with Crippen molar-refractivity contribution in [2.75, 3.05) is 0 Å². The van der Waals surface area contributed by atoms with Crippen molar-refractivity contribution in [1.82, 2.24) is 0 Å². The van der Waals surface area contributed by atoms with Crippen LogP contribution in [0.5, 0.6) is 0 Å². The van der Waals surface area contributed by atoms with Crippen LogP contribution in [0.2, 0.25) is 0 Å². The first kappa shape index (κ1) is 68.3. The minimum absolute atomic E-state index is 1.14. The summed E-state index contributed by atoms with van der Waals surface area (Å²) in [4.78, 5) is 0. The van der Waals surface area contributed by atoms with Gasteiger partial charge in [0, 0.05) is 12.8 Å². The van der Waals surface area contributed by atoms with Gasteiger partial charge in [0.25, 0.3) is 0 Å². The molecule has 0 N–H and O–H groups in total. The lowest BCUT2D eigenvalue weighted by atomic mass is 10.0. The second kappa shape index (κ2) is 63.4. The van der Waals surface area contributed by atoms with Gasteiger partial charge < -0.3 is 4.74 Å². The molecule has 69 heavy (non-hydrogen) atoms. The van der Waals surface area contributed by atoms with E-state index in [1.165, 1.54) is 384 Å². The van der Waals surface area contributed by atoms with Crippen LogP contribution in [0.3, 0.4) is 0 Å². The molecule has 412 valence electrons. The Morgan fingerprint density at radius 1 is 0.188 bits per heavy atom. The first-order valence-electron chi connectivity index (χ1n) is 33.3. The smallest absolute Gasteiger partial charge is 0.0996 e. The molecule has 0 aliphatic carbocycles. The normalized spacial score (nSPS) is 12.2. The number of allylic oxidation sites excluding steroid dienone is 4. The molecule has 0 aromatic carbocycles. The van der Waals surface area contributed by atoms with Crippen LogP contribution >= 0.6 is 0 Å². The molecular weight excluding hydrogens is 833 g/mol. The molecule has 0 radical (unpaired) electrons. The van der Waals surface area contributed by atoms with Crippen molar-refractivity contribution < 1.29 is 4.74 Å². The molecule has 0 atom stereocenters. The lowest BCUT2D eigenvalue weighted by Crippen LogP contribution is -1.97. The summed E-state index contributed by atoms with van der Waals surface area (Å²) in [7, 11) is 0. The molecule has 0 saturated carbocycles. The fraction of sp³-hybridized carbons (Fsp3) is 0.941. The van der Waals surface area contributed by atoms with E-state index in [2.05, 4.69) is 39.8 Å². The maximum absolute atomic E-state index is 7.04. The highest BCUT2D eigenvalue weighted by Crippen LogP contribution is 2.24. The number of rotatable bonds is 62. The molecule has 0 saturated heterocycles. The van der Waals surface area contributed by atoms with Crippen molar-refractivity contribution in [3.05, 3.63) is 23.7 Å². The second-order valence-electron chi connectivity index (χ2n) is 22.9. The number of hydrogen-bond donors (Lipinski definition) is 0. The van der Waals surface area contributed by atoms with E-state index in [1.807, 2.05) is 0 Å². The van der Waals surface area contributed by atoms with Gasteiger partial charge in [-0.2, -0.15) is 0 Å². The number of hydrogen-bond acceptors (Lipinski definition) is 1. The van der Waals surface area contributed by atoms with Crippen molar-refractivity contribution in [2.45, 2.75) is 413 Å². The Kier molecular flexibility index (Phi) is 62.7. The van der Waals surface area contributed by atoms with E-state index in [0.717, 1.165) is 12.8 Å². The lowest BCUT2D eigenvalue weighted by molar-refractivity contribution is 0.266. The van der Waals surface area contributed by atoms with Gasteiger partial charge in [-0.25, -0.2) is 0 Å². The Hall–Kier alpha value is -0.720. The van der Waals surface area contributed by atoms with Gasteiger partial charge in [-0.3, -0.25) is 0 Å².